The third-order valence-corrected chi connectivity index (χ3v) is 1.63. The number of rotatable bonds is 6. The molecule has 0 heterocycles. The van der Waals surface area contributed by atoms with Crippen molar-refractivity contribution in [2.75, 3.05) is 5.88 Å². The second-order valence-corrected chi connectivity index (χ2v) is 3.27. The number of carbonyl (C=O) groups is 4. The third kappa shape index (κ3) is 9.36. The van der Waals surface area contributed by atoms with E-state index in [9.17, 15) is 19.2 Å². The van der Waals surface area contributed by atoms with Crippen LogP contribution in [0.15, 0.2) is 0 Å². The number of hydrogen-bond acceptors (Lipinski definition) is 5. The molecule has 0 radical (unpaired) electrons. The molecule has 0 aromatic heterocycles. The van der Waals surface area contributed by atoms with Crippen molar-refractivity contribution < 1.29 is 44.7 Å². The first-order valence-corrected chi connectivity index (χ1v) is 4.75. The normalized spacial score (nSPS) is 9.89. The molecule has 0 spiro atoms. The van der Waals surface area contributed by atoms with E-state index >= 15 is 0 Å². The van der Waals surface area contributed by atoms with Crippen LogP contribution in [0, 0.1) is 0 Å². The van der Waals surface area contributed by atoms with Gasteiger partial charge in [0, 0.05) is 0 Å². The van der Waals surface area contributed by atoms with E-state index in [1.807, 2.05) is 0 Å². The quantitative estimate of drug-likeness (QED) is 0.387. The molecule has 0 aromatic rings. The van der Waals surface area contributed by atoms with E-state index in [0.717, 1.165) is 0 Å². The molecule has 0 atom stereocenters. The van der Waals surface area contributed by atoms with Gasteiger partial charge in [-0.25, -0.2) is 4.79 Å². The van der Waals surface area contributed by atoms with Gasteiger partial charge in [0.05, 0.1) is 12.8 Å². The lowest BCUT2D eigenvalue weighted by atomic mass is 9.96. The molecule has 0 rings (SSSR count). The summed E-state index contributed by atoms with van der Waals surface area (Å²) in [6.07, 6.45) is -2.29. The van der Waals surface area contributed by atoms with E-state index in [4.69, 9.17) is 37.1 Å². The minimum Gasteiger partial charge on any atom is -0.481 e. The van der Waals surface area contributed by atoms with Gasteiger partial charge in [0.1, 0.15) is 5.88 Å². The molecule has 0 aliphatic carbocycles. The number of halogens is 1. The molecule has 10 heteroatoms. The van der Waals surface area contributed by atoms with Crippen LogP contribution in [0.1, 0.15) is 12.8 Å². The molecule has 9 nitrogen and oxygen atoms in total. The maximum Gasteiger partial charge on any atom is 0.336 e. The molecule has 0 bridgehead atoms. The van der Waals surface area contributed by atoms with Crippen LogP contribution >= 0.6 is 11.6 Å². The molecular formula is C8H11ClO9. The average molecular weight is 287 g/mol. The van der Waals surface area contributed by atoms with Crippen LogP contribution in [0.2, 0.25) is 0 Å². The molecule has 0 saturated carbocycles. The van der Waals surface area contributed by atoms with Gasteiger partial charge in [0.2, 0.25) is 0 Å². The Balaban J connectivity index is 0. The zero-order valence-electron chi connectivity index (χ0n) is 8.87. The van der Waals surface area contributed by atoms with Gasteiger partial charge < -0.3 is 25.5 Å². The summed E-state index contributed by atoms with van der Waals surface area (Å²) in [4.78, 5) is 39.7. The summed E-state index contributed by atoms with van der Waals surface area (Å²) in [5, 5.41) is 41.4. The highest BCUT2D eigenvalue weighted by molar-refractivity contribution is 6.26. The fraction of sp³-hybridized carbons (Fsp3) is 0.500. The van der Waals surface area contributed by atoms with Gasteiger partial charge in [-0.2, -0.15) is 0 Å². The minimum absolute atomic E-state index is 0.306. The Bertz CT molecular complexity index is 321. The largest absolute Gasteiger partial charge is 0.481 e. The summed E-state index contributed by atoms with van der Waals surface area (Å²) >= 11 is 4.74. The molecular weight excluding hydrogens is 276 g/mol. The van der Waals surface area contributed by atoms with E-state index in [1.54, 1.807) is 0 Å². The molecule has 5 N–H and O–H groups in total. The number of hydrogen-bond donors (Lipinski definition) is 5. The maximum absolute atomic E-state index is 10.3. The van der Waals surface area contributed by atoms with Crippen molar-refractivity contribution in [1.82, 2.24) is 0 Å². The van der Waals surface area contributed by atoms with Crippen LogP contribution in [0.25, 0.3) is 0 Å². The van der Waals surface area contributed by atoms with Crippen molar-refractivity contribution in [2.45, 2.75) is 18.4 Å². The number of aliphatic hydroxyl groups is 1. The lowest BCUT2D eigenvalue weighted by Gasteiger charge is -2.18. The number of aliphatic carboxylic acids is 4. The zero-order chi connectivity index (χ0) is 14.9. The lowest BCUT2D eigenvalue weighted by molar-refractivity contribution is -0.170. The Kier molecular flexibility index (Phi) is 8.48. The summed E-state index contributed by atoms with van der Waals surface area (Å²) in [5.41, 5.74) is -2.74. The highest BCUT2D eigenvalue weighted by Crippen LogP contribution is 2.15. The topological polar surface area (TPSA) is 169 Å². The van der Waals surface area contributed by atoms with Gasteiger partial charge in [0.15, 0.2) is 5.60 Å². The third-order valence-electron chi connectivity index (χ3n) is 1.40. The van der Waals surface area contributed by atoms with Crippen LogP contribution in [0.3, 0.4) is 0 Å². The summed E-state index contributed by atoms with van der Waals surface area (Å²) in [5.74, 6) is -6.30. The molecule has 104 valence electrons. The summed E-state index contributed by atoms with van der Waals surface area (Å²) in [6, 6.07) is 0. The monoisotopic (exact) mass is 286 g/mol. The Morgan fingerprint density at radius 3 is 1.22 bits per heavy atom. The molecule has 0 aromatic carbocycles. The molecule has 18 heavy (non-hydrogen) atoms. The Morgan fingerprint density at radius 1 is 0.833 bits per heavy atom. The SMILES string of the molecule is O=C(O)CC(O)(CC(=O)O)C(=O)O.O=C(O)CCl. The predicted octanol–water partition coefficient (Wildman–Crippen LogP) is -0.939. The summed E-state index contributed by atoms with van der Waals surface area (Å²) < 4.78 is 0. The van der Waals surface area contributed by atoms with Crippen LogP contribution in [0.4, 0.5) is 0 Å². The van der Waals surface area contributed by atoms with Crippen LogP contribution in [0.5, 0.6) is 0 Å². The van der Waals surface area contributed by atoms with Crippen molar-refractivity contribution in [1.29, 1.82) is 0 Å². The minimum atomic E-state index is -2.74. The number of carboxylic acid groups (broad SMARTS) is 4. The average Bonchev–Trinajstić information content (AvgIpc) is 2.15. The maximum atomic E-state index is 10.3. The van der Waals surface area contributed by atoms with Gasteiger partial charge in [0.25, 0.3) is 0 Å². The van der Waals surface area contributed by atoms with E-state index in [-0.39, 0.29) is 5.88 Å². The smallest absolute Gasteiger partial charge is 0.336 e. The van der Waals surface area contributed by atoms with Gasteiger partial charge in [-0.3, -0.25) is 14.4 Å². The Morgan fingerprint density at radius 2 is 1.11 bits per heavy atom. The van der Waals surface area contributed by atoms with Crippen molar-refractivity contribution in [2.24, 2.45) is 0 Å². The highest BCUT2D eigenvalue weighted by Gasteiger charge is 2.40. The molecule has 0 aliphatic rings. The van der Waals surface area contributed by atoms with Gasteiger partial charge in [-0.1, -0.05) is 0 Å². The molecule has 0 unspecified atom stereocenters. The first-order chi connectivity index (χ1) is 8.05. The van der Waals surface area contributed by atoms with Gasteiger partial charge >= 0.3 is 23.9 Å². The fourth-order valence-electron chi connectivity index (χ4n) is 0.714. The van der Waals surface area contributed by atoms with E-state index in [0.29, 0.717) is 0 Å². The fourth-order valence-corrected chi connectivity index (χ4v) is 0.714. The molecule has 0 aliphatic heterocycles. The standard InChI is InChI=1S/C6H8O7.C2H3ClO2/c7-3(8)1-6(13,5(11)12)2-4(9)10;3-1-2(4)5/h13H,1-2H2,(H,7,8)(H,9,10)(H,11,12);1H2,(H,4,5). The highest BCUT2D eigenvalue weighted by atomic mass is 35.5. The molecule has 0 saturated heterocycles. The summed E-state index contributed by atoms with van der Waals surface area (Å²) in [6.45, 7) is 0. The van der Waals surface area contributed by atoms with Crippen LogP contribution in [-0.2, 0) is 19.2 Å². The Hall–Kier alpha value is -1.87. The van der Waals surface area contributed by atoms with Gasteiger partial charge in [-0.05, 0) is 0 Å². The number of alkyl halides is 1. The Labute approximate surface area is 105 Å². The van der Waals surface area contributed by atoms with Crippen molar-refractivity contribution in [3.05, 3.63) is 0 Å². The van der Waals surface area contributed by atoms with Crippen molar-refractivity contribution in [3.8, 4) is 0 Å². The first-order valence-electron chi connectivity index (χ1n) is 4.22. The lowest BCUT2D eigenvalue weighted by Crippen LogP contribution is -2.42. The van der Waals surface area contributed by atoms with Crippen LogP contribution in [-0.4, -0.2) is 60.9 Å². The second-order valence-electron chi connectivity index (χ2n) is 3.01. The predicted molar refractivity (Wildman–Crippen MR) is 55.4 cm³/mol. The second kappa shape index (κ2) is 8.25. The van der Waals surface area contributed by atoms with Crippen molar-refractivity contribution >= 4 is 35.5 Å². The van der Waals surface area contributed by atoms with Crippen molar-refractivity contribution in [3.63, 3.8) is 0 Å². The zero-order valence-corrected chi connectivity index (χ0v) is 9.62. The van der Waals surface area contributed by atoms with E-state index in [2.05, 4.69) is 0 Å². The first kappa shape index (κ1) is 18.5. The van der Waals surface area contributed by atoms with E-state index in [1.165, 1.54) is 0 Å². The molecule has 0 fully saturated rings. The van der Waals surface area contributed by atoms with Crippen LogP contribution < -0.4 is 0 Å². The van der Waals surface area contributed by atoms with E-state index < -0.39 is 42.3 Å². The molecule has 0 amide bonds. The number of carboxylic acids is 4. The summed E-state index contributed by atoms with van der Waals surface area (Å²) in [7, 11) is 0. The van der Waals surface area contributed by atoms with Gasteiger partial charge in [-0.15, -0.1) is 11.6 Å².